The van der Waals surface area contributed by atoms with Crippen molar-refractivity contribution in [3.8, 4) is 5.75 Å². The average molecular weight is 276 g/mol. The molecule has 3 nitrogen and oxygen atoms in total. The number of ether oxygens (including phenoxy) is 1. The fourth-order valence-corrected chi connectivity index (χ4v) is 3.23. The van der Waals surface area contributed by atoms with E-state index >= 15 is 0 Å². The number of benzene rings is 1. The Morgan fingerprint density at radius 1 is 1.26 bits per heavy atom. The Bertz CT molecular complexity index is 578. The third-order valence-corrected chi connectivity index (χ3v) is 4.14. The van der Waals surface area contributed by atoms with Gasteiger partial charge in [-0.25, -0.2) is 0 Å². The zero-order valence-corrected chi connectivity index (χ0v) is 12.6. The summed E-state index contributed by atoms with van der Waals surface area (Å²) < 4.78 is 5.24. The minimum absolute atomic E-state index is 0.262. The van der Waals surface area contributed by atoms with Crippen LogP contribution in [0.15, 0.2) is 24.3 Å². The molecule has 2 aromatic rings. The summed E-state index contributed by atoms with van der Waals surface area (Å²) in [4.78, 5) is 2.70. The Morgan fingerprint density at radius 2 is 2.00 bits per heavy atom. The summed E-state index contributed by atoms with van der Waals surface area (Å²) in [5, 5.41) is 3.49. The van der Waals surface area contributed by atoms with Crippen molar-refractivity contribution in [3.05, 3.63) is 39.6 Å². The number of methoxy groups -OCH3 is 1. The Morgan fingerprint density at radius 3 is 2.58 bits per heavy atom. The van der Waals surface area contributed by atoms with Gasteiger partial charge in [-0.15, -0.1) is 11.3 Å². The lowest BCUT2D eigenvalue weighted by atomic mass is 10.1. The first kappa shape index (κ1) is 13.7. The van der Waals surface area contributed by atoms with Gasteiger partial charge in [0.1, 0.15) is 5.75 Å². The highest BCUT2D eigenvalue weighted by atomic mass is 32.1. The number of hydrogen-bond acceptors (Lipinski definition) is 4. The topological polar surface area (TPSA) is 47.3 Å². The van der Waals surface area contributed by atoms with Crippen LogP contribution in [0.25, 0.3) is 0 Å². The van der Waals surface area contributed by atoms with E-state index in [0.717, 1.165) is 5.69 Å². The van der Waals surface area contributed by atoms with E-state index < -0.39 is 0 Å². The monoisotopic (exact) mass is 276 g/mol. The third-order valence-electron chi connectivity index (χ3n) is 3.16. The molecule has 0 fully saturated rings. The molecule has 0 aliphatic carbocycles. The van der Waals surface area contributed by atoms with E-state index in [2.05, 4.69) is 32.2 Å². The molecule has 0 spiro atoms. The number of thiophene rings is 1. The molecule has 1 unspecified atom stereocenters. The first-order valence-corrected chi connectivity index (χ1v) is 7.10. The maximum absolute atomic E-state index is 5.82. The number of anilines is 2. The lowest BCUT2D eigenvalue weighted by molar-refractivity contribution is 0.417. The van der Waals surface area contributed by atoms with Crippen molar-refractivity contribution in [2.45, 2.75) is 26.8 Å². The minimum atomic E-state index is 0.262. The molecule has 0 bridgehead atoms. The van der Waals surface area contributed by atoms with Crippen molar-refractivity contribution in [3.63, 3.8) is 0 Å². The van der Waals surface area contributed by atoms with Crippen LogP contribution in [0.3, 0.4) is 0 Å². The predicted octanol–water partition coefficient (Wildman–Crippen LogP) is 4.13. The fourth-order valence-electron chi connectivity index (χ4n) is 2.21. The van der Waals surface area contributed by atoms with Gasteiger partial charge in [-0.05, 0) is 44.5 Å². The van der Waals surface area contributed by atoms with E-state index in [-0.39, 0.29) is 6.04 Å². The van der Waals surface area contributed by atoms with Crippen molar-refractivity contribution in [1.29, 1.82) is 0 Å². The van der Waals surface area contributed by atoms with E-state index in [1.54, 1.807) is 7.11 Å². The van der Waals surface area contributed by atoms with Gasteiger partial charge in [0, 0.05) is 27.5 Å². The Kier molecular flexibility index (Phi) is 4.00. The largest absolute Gasteiger partial charge is 0.495 e. The van der Waals surface area contributed by atoms with E-state index in [0.29, 0.717) is 11.4 Å². The van der Waals surface area contributed by atoms with E-state index in [4.69, 9.17) is 10.5 Å². The van der Waals surface area contributed by atoms with Crippen molar-refractivity contribution in [2.75, 3.05) is 18.2 Å². The van der Waals surface area contributed by atoms with Gasteiger partial charge in [-0.1, -0.05) is 0 Å². The van der Waals surface area contributed by atoms with Gasteiger partial charge in [0.05, 0.1) is 12.8 Å². The SMILES string of the molecule is COc1cc(NC(C)c2cc(C)sc2C)ccc1N. The summed E-state index contributed by atoms with van der Waals surface area (Å²) in [5.74, 6) is 0.704. The number of nitrogen functional groups attached to an aromatic ring is 1. The van der Waals surface area contributed by atoms with Gasteiger partial charge in [-0.2, -0.15) is 0 Å². The normalized spacial score (nSPS) is 12.2. The standard InChI is InChI=1S/C15H20N2OS/c1-9-7-13(11(3)19-9)10(2)17-12-5-6-14(16)15(8-12)18-4/h5-8,10,17H,16H2,1-4H3. The van der Waals surface area contributed by atoms with Gasteiger partial charge >= 0.3 is 0 Å². The number of hydrogen-bond donors (Lipinski definition) is 2. The lowest BCUT2D eigenvalue weighted by Crippen LogP contribution is -2.07. The molecule has 0 amide bonds. The lowest BCUT2D eigenvalue weighted by Gasteiger charge is -2.16. The number of rotatable bonds is 4. The molecule has 1 aromatic heterocycles. The van der Waals surface area contributed by atoms with Crippen LogP contribution in [0.5, 0.6) is 5.75 Å². The van der Waals surface area contributed by atoms with Crippen molar-refractivity contribution >= 4 is 22.7 Å². The second-order valence-electron chi connectivity index (χ2n) is 4.69. The molecule has 2 rings (SSSR count). The summed E-state index contributed by atoms with van der Waals surface area (Å²) in [6, 6.07) is 8.27. The molecule has 19 heavy (non-hydrogen) atoms. The summed E-state index contributed by atoms with van der Waals surface area (Å²) in [5.41, 5.74) is 8.84. The molecule has 1 atom stereocenters. The molecule has 0 radical (unpaired) electrons. The molecular weight excluding hydrogens is 256 g/mol. The molecule has 102 valence electrons. The zero-order valence-electron chi connectivity index (χ0n) is 11.8. The minimum Gasteiger partial charge on any atom is -0.495 e. The fraction of sp³-hybridized carbons (Fsp3) is 0.333. The molecule has 1 aromatic carbocycles. The first-order chi connectivity index (χ1) is 9.01. The van der Waals surface area contributed by atoms with Crippen molar-refractivity contribution < 1.29 is 4.74 Å². The van der Waals surface area contributed by atoms with Gasteiger partial charge < -0.3 is 15.8 Å². The van der Waals surface area contributed by atoms with Gasteiger partial charge in [0.15, 0.2) is 0 Å². The maximum atomic E-state index is 5.82. The van der Waals surface area contributed by atoms with Gasteiger partial charge in [0.25, 0.3) is 0 Å². The van der Waals surface area contributed by atoms with Crippen LogP contribution in [0, 0.1) is 13.8 Å². The smallest absolute Gasteiger partial charge is 0.143 e. The molecule has 0 aliphatic heterocycles. The zero-order chi connectivity index (χ0) is 14.0. The van der Waals surface area contributed by atoms with E-state index in [1.165, 1.54) is 15.3 Å². The maximum Gasteiger partial charge on any atom is 0.143 e. The van der Waals surface area contributed by atoms with Crippen LogP contribution < -0.4 is 15.8 Å². The summed E-state index contributed by atoms with van der Waals surface area (Å²) >= 11 is 1.83. The molecule has 0 saturated carbocycles. The molecule has 1 heterocycles. The Balaban J connectivity index is 2.19. The van der Waals surface area contributed by atoms with Crippen LogP contribution >= 0.6 is 11.3 Å². The van der Waals surface area contributed by atoms with Crippen LogP contribution in [-0.2, 0) is 0 Å². The highest BCUT2D eigenvalue weighted by molar-refractivity contribution is 7.12. The molecule has 3 N–H and O–H groups in total. The number of nitrogens with one attached hydrogen (secondary N) is 1. The Hall–Kier alpha value is -1.68. The quantitative estimate of drug-likeness (QED) is 0.825. The average Bonchev–Trinajstić information content (AvgIpc) is 2.71. The highest BCUT2D eigenvalue weighted by Crippen LogP contribution is 2.31. The van der Waals surface area contributed by atoms with Crippen LogP contribution in [-0.4, -0.2) is 7.11 Å². The predicted molar refractivity (Wildman–Crippen MR) is 83.2 cm³/mol. The summed E-state index contributed by atoms with van der Waals surface area (Å²) in [6.07, 6.45) is 0. The summed E-state index contributed by atoms with van der Waals surface area (Å²) in [7, 11) is 1.63. The second kappa shape index (κ2) is 5.53. The molecule has 4 heteroatoms. The van der Waals surface area contributed by atoms with Crippen LogP contribution in [0.2, 0.25) is 0 Å². The van der Waals surface area contributed by atoms with E-state index in [9.17, 15) is 0 Å². The summed E-state index contributed by atoms with van der Waals surface area (Å²) in [6.45, 7) is 6.46. The van der Waals surface area contributed by atoms with Crippen molar-refractivity contribution in [2.24, 2.45) is 0 Å². The number of aryl methyl sites for hydroxylation is 2. The van der Waals surface area contributed by atoms with Crippen LogP contribution in [0.4, 0.5) is 11.4 Å². The van der Waals surface area contributed by atoms with E-state index in [1.807, 2.05) is 29.5 Å². The first-order valence-electron chi connectivity index (χ1n) is 6.28. The Labute approximate surface area is 118 Å². The molecule has 0 aliphatic rings. The van der Waals surface area contributed by atoms with Crippen LogP contribution in [0.1, 0.15) is 28.3 Å². The molecule has 0 saturated heterocycles. The second-order valence-corrected chi connectivity index (χ2v) is 6.15. The van der Waals surface area contributed by atoms with Gasteiger partial charge in [-0.3, -0.25) is 0 Å². The van der Waals surface area contributed by atoms with Gasteiger partial charge in [0.2, 0.25) is 0 Å². The molecular formula is C15H20N2OS. The van der Waals surface area contributed by atoms with Crippen molar-refractivity contribution in [1.82, 2.24) is 0 Å². The third kappa shape index (κ3) is 3.01. The number of nitrogens with two attached hydrogens (primary N) is 1. The highest BCUT2D eigenvalue weighted by Gasteiger charge is 2.11.